The predicted molar refractivity (Wildman–Crippen MR) is 59.6 cm³/mol. The van der Waals surface area contributed by atoms with E-state index in [9.17, 15) is 4.79 Å². The zero-order valence-electron chi connectivity index (χ0n) is 9.70. The second-order valence-electron chi connectivity index (χ2n) is 4.26. The van der Waals surface area contributed by atoms with Gasteiger partial charge in [0.15, 0.2) is 0 Å². The molecule has 0 bridgehead atoms. The van der Waals surface area contributed by atoms with Crippen molar-refractivity contribution in [2.75, 3.05) is 19.7 Å². The largest absolute Gasteiger partial charge is 0.394 e. The molecule has 1 amide bonds. The Bertz CT molecular complexity index is 209. The van der Waals surface area contributed by atoms with Crippen LogP contribution in [0.4, 0.5) is 0 Å². The molecule has 1 aliphatic rings. The summed E-state index contributed by atoms with van der Waals surface area (Å²) in [5.41, 5.74) is 0. The SMILES string of the molecule is CCC(C)NCC(=O)N1CCC[C@@H]1CO. The van der Waals surface area contributed by atoms with Crippen molar-refractivity contribution in [1.29, 1.82) is 0 Å². The highest BCUT2D eigenvalue weighted by atomic mass is 16.3. The molecule has 2 atom stereocenters. The second-order valence-corrected chi connectivity index (χ2v) is 4.26. The lowest BCUT2D eigenvalue weighted by atomic mass is 10.2. The van der Waals surface area contributed by atoms with E-state index in [0.717, 1.165) is 25.8 Å². The number of hydrogen-bond acceptors (Lipinski definition) is 3. The van der Waals surface area contributed by atoms with E-state index in [1.807, 2.05) is 0 Å². The topological polar surface area (TPSA) is 52.6 Å². The van der Waals surface area contributed by atoms with E-state index >= 15 is 0 Å². The first kappa shape index (κ1) is 12.5. The number of aliphatic hydroxyl groups is 1. The van der Waals surface area contributed by atoms with E-state index in [1.54, 1.807) is 4.90 Å². The zero-order valence-corrected chi connectivity index (χ0v) is 9.70. The van der Waals surface area contributed by atoms with Crippen LogP contribution in [-0.4, -0.2) is 47.7 Å². The van der Waals surface area contributed by atoms with E-state index in [-0.39, 0.29) is 18.6 Å². The number of carbonyl (C=O) groups is 1. The summed E-state index contributed by atoms with van der Waals surface area (Å²) in [6.45, 7) is 5.45. The summed E-state index contributed by atoms with van der Waals surface area (Å²) in [6.07, 6.45) is 2.97. The molecule has 1 unspecified atom stereocenters. The average Bonchev–Trinajstić information content (AvgIpc) is 2.73. The molecule has 0 aromatic heterocycles. The van der Waals surface area contributed by atoms with Gasteiger partial charge in [-0.05, 0) is 26.2 Å². The first-order valence-corrected chi connectivity index (χ1v) is 5.82. The fourth-order valence-corrected chi connectivity index (χ4v) is 1.86. The molecule has 0 aliphatic carbocycles. The number of hydrogen-bond donors (Lipinski definition) is 2. The van der Waals surface area contributed by atoms with E-state index in [1.165, 1.54) is 0 Å². The zero-order chi connectivity index (χ0) is 11.3. The second kappa shape index (κ2) is 6.08. The van der Waals surface area contributed by atoms with Gasteiger partial charge in [-0.1, -0.05) is 6.92 Å². The van der Waals surface area contributed by atoms with Gasteiger partial charge in [0, 0.05) is 12.6 Å². The third-order valence-corrected chi connectivity index (χ3v) is 3.12. The summed E-state index contributed by atoms with van der Waals surface area (Å²) in [6, 6.07) is 0.431. The van der Waals surface area contributed by atoms with Crippen molar-refractivity contribution in [1.82, 2.24) is 10.2 Å². The third kappa shape index (κ3) is 3.47. The Hall–Kier alpha value is -0.610. The molecular weight excluding hydrogens is 192 g/mol. The van der Waals surface area contributed by atoms with Crippen molar-refractivity contribution in [3.05, 3.63) is 0 Å². The van der Waals surface area contributed by atoms with Gasteiger partial charge < -0.3 is 15.3 Å². The summed E-state index contributed by atoms with van der Waals surface area (Å²) in [5.74, 6) is 0.117. The molecule has 0 aromatic rings. The van der Waals surface area contributed by atoms with Gasteiger partial charge in [-0.15, -0.1) is 0 Å². The molecule has 1 rings (SSSR count). The van der Waals surface area contributed by atoms with Crippen LogP contribution in [0.1, 0.15) is 33.1 Å². The Balaban J connectivity index is 2.33. The first-order chi connectivity index (χ1) is 7.19. The van der Waals surface area contributed by atoms with Gasteiger partial charge in [0.05, 0.1) is 19.2 Å². The highest BCUT2D eigenvalue weighted by molar-refractivity contribution is 5.78. The Kier molecular flexibility index (Phi) is 5.05. The summed E-state index contributed by atoms with van der Waals surface area (Å²) in [7, 11) is 0. The molecule has 0 aromatic carbocycles. The molecular formula is C11H22N2O2. The van der Waals surface area contributed by atoms with E-state index in [2.05, 4.69) is 19.2 Å². The van der Waals surface area contributed by atoms with Crippen LogP contribution in [0.25, 0.3) is 0 Å². The normalized spacial score (nSPS) is 23.1. The lowest BCUT2D eigenvalue weighted by molar-refractivity contribution is -0.131. The van der Waals surface area contributed by atoms with Gasteiger partial charge in [0.2, 0.25) is 5.91 Å². The highest BCUT2D eigenvalue weighted by Crippen LogP contribution is 2.16. The number of rotatable bonds is 5. The number of nitrogens with zero attached hydrogens (tertiary/aromatic N) is 1. The van der Waals surface area contributed by atoms with Crippen molar-refractivity contribution in [2.45, 2.75) is 45.2 Å². The molecule has 1 aliphatic heterocycles. The summed E-state index contributed by atoms with van der Waals surface area (Å²) < 4.78 is 0. The van der Waals surface area contributed by atoms with Crippen LogP contribution in [0.15, 0.2) is 0 Å². The van der Waals surface area contributed by atoms with Gasteiger partial charge in [0.25, 0.3) is 0 Å². The molecule has 0 spiro atoms. The lowest BCUT2D eigenvalue weighted by Crippen LogP contribution is -2.44. The predicted octanol–water partition coefficient (Wildman–Crippen LogP) is 0.358. The van der Waals surface area contributed by atoms with Crippen LogP contribution < -0.4 is 5.32 Å². The van der Waals surface area contributed by atoms with Gasteiger partial charge in [-0.25, -0.2) is 0 Å². The first-order valence-electron chi connectivity index (χ1n) is 5.82. The Morgan fingerprint density at radius 2 is 2.40 bits per heavy atom. The summed E-state index contributed by atoms with van der Waals surface area (Å²) in [5, 5.41) is 12.3. The summed E-state index contributed by atoms with van der Waals surface area (Å²) in [4.78, 5) is 13.6. The third-order valence-electron chi connectivity index (χ3n) is 3.12. The standard InChI is InChI=1S/C11H22N2O2/c1-3-9(2)12-7-11(15)13-6-4-5-10(13)8-14/h9-10,12,14H,3-8H2,1-2H3/t9?,10-/m1/s1. The van der Waals surface area contributed by atoms with Crippen molar-refractivity contribution >= 4 is 5.91 Å². The van der Waals surface area contributed by atoms with Gasteiger partial charge in [-0.2, -0.15) is 0 Å². The van der Waals surface area contributed by atoms with Crippen LogP contribution in [0.5, 0.6) is 0 Å². The molecule has 88 valence electrons. The minimum atomic E-state index is 0.0521. The maximum atomic E-state index is 11.8. The number of amides is 1. The molecule has 1 heterocycles. The minimum Gasteiger partial charge on any atom is -0.394 e. The molecule has 1 saturated heterocycles. The fraction of sp³-hybridized carbons (Fsp3) is 0.909. The maximum Gasteiger partial charge on any atom is 0.236 e. The number of aliphatic hydroxyl groups excluding tert-OH is 1. The lowest BCUT2D eigenvalue weighted by Gasteiger charge is -2.24. The smallest absolute Gasteiger partial charge is 0.236 e. The van der Waals surface area contributed by atoms with Crippen molar-refractivity contribution in [2.24, 2.45) is 0 Å². The average molecular weight is 214 g/mol. The van der Waals surface area contributed by atoms with Gasteiger partial charge in [0.1, 0.15) is 0 Å². The van der Waals surface area contributed by atoms with Crippen LogP contribution in [0.2, 0.25) is 0 Å². The van der Waals surface area contributed by atoms with Crippen LogP contribution in [0.3, 0.4) is 0 Å². The van der Waals surface area contributed by atoms with E-state index < -0.39 is 0 Å². The quantitative estimate of drug-likeness (QED) is 0.694. The van der Waals surface area contributed by atoms with Crippen LogP contribution in [0, 0.1) is 0 Å². The molecule has 0 radical (unpaired) electrons. The molecule has 4 heteroatoms. The number of carbonyl (C=O) groups excluding carboxylic acids is 1. The Morgan fingerprint density at radius 1 is 1.67 bits per heavy atom. The minimum absolute atomic E-state index is 0.0521. The highest BCUT2D eigenvalue weighted by Gasteiger charge is 2.27. The van der Waals surface area contributed by atoms with Crippen molar-refractivity contribution < 1.29 is 9.90 Å². The Labute approximate surface area is 91.6 Å². The van der Waals surface area contributed by atoms with Crippen molar-refractivity contribution in [3.63, 3.8) is 0 Å². The molecule has 2 N–H and O–H groups in total. The van der Waals surface area contributed by atoms with Gasteiger partial charge in [-0.3, -0.25) is 4.79 Å². The number of likely N-dealkylation sites (tertiary alicyclic amines) is 1. The van der Waals surface area contributed by atoms with Crippen LogP contribution >= 0.6 is 0 Å². The van der Waals surface area contributed by atoms with E-state index in [4.69, 9.17) is 5.11 Å². The monoisotopic (exact) mass is 214 g/mol. The maximum absolute atomic E-state index is 11.8. The molecule has 15 heavy (non-hydrogen) atoms. The molecule has 0 saturated carbocycles. The van der Waals surface area contributed by atoms with E-state index in [0.29, 0.717) is 12.6 Å². The summed E-state index contributed by atoms with van der Waals surface area (Å²) >= 11 is 0. The fourth-order valence-electron chi connectivity index (χ4n) is 1.86. The van der Waals surface area contributed by atoms with Gasteiger partial charge >= 0.3 is 0 Å². The number of nitrogens with one attached hydrogen (secondary N) is 1. The van der Waals surface area contributed by atoms with Crippen molar-refractivity contribution in [3.8, 4) is 0 Å². The van der Waals surface area contributed by atoms with Crippen LogP contribution in [-0.2, 0) is 4.79 Å². The molecule has 1 fully saturated rings. The Morgan fingerprint density at radius 3 is 3.00 bits per heavy atom. The molecule has 4 nitrogen and oxygen atoms in total.